The zero-order valence-electron chi connectivity index (χ0n) is 5.96. The van der Waals surface area contributed by atoms with Crippen molar-refractivity contribution >= 4 is 0 Å². The van der Waals surface area contributed by atoms with Crippen LogP contribution in [0.15, 0.2) is 18.4 Å². The molecule has 0 aromatic carbocycles. The molecule has 0 aromatic heterocycles. The summed E-state index contributed by atoms with van der Waals surface area (Å²) in [5, 5.41) is 16.0. The number of hydrogen-bond donors (Lipinski definition) is 2. The van der Waals surface area contributed by atoms with Crippen molar-refractivity contribution in [1.82, 2.24) is 0 Å². The molecule has 0 aromatic rings. The number of aliphatic hydroxyl groups excluding tert-OH is 2. The molecular weight excluding hydrogens is 116 g/mol. The highest BCUT2D eigenvalue weighted by Crippen LogP contribution is 1.68. The zero-order chi connectivity index (χ0) is 7.70. The molecule has 54 valence electrons. The van der Waals surface area contributed by atoms with Crippen molar-refractivity contribution in [2.75, 3.05) is 6.61 Å². The van der Waals surface area contributed by atoms with E-state index < -0.39 is 6.10 Å². The summed E-state index contributed by atoms with van der Waals surface area (Å²) in [5.41, 5.74) is 2.56. The Morgan fingerprint density at radius 1 is 1.78 bits per heavy atom. The molecule has 0 fully saturated rings. The molecule has 0 amide bonds. The van der Waals surface area contributed by atoms with Gasteiger partial charge in [0.05, 0.1) is 12.7 Å². The van der Waals surface area contributed by atoms with E-state index in [4.69, 9.17) is 10.2 Å². The number of rotatable bonds is 1. The molecule has 0 aliphatic carbocycles. The first-order valence-electron chi connectivity index (χ1n) is 2.78. The van der Waals surface area contributed by atoms with Gasteiger partial charge in [-0.2, -0.15) is 0 Å². The third-order valence-corrected chi connectivity index (χ3v) is 0.468. The van der Waals surface area contributed by atoms with Gasteiger partial charge >= 0.3 is 0 Å². The van der Waals surface area contributed by atoms with Crippen LogP contribution in [0.1, 0.15) is 13.8 Å². The van der Waals surface area contributed by atoms with Gasteiger partial charge in [-0.05, 0) is 19.9 Å². The van der Waals surface area contributed by atoms with Crippen LogP contribution in [-0.4, -0.2) is 22.9 Å². The summed E-state index contributed by atoms with van der Waals surface area (Å²) < 4.78 is 0. The predicted molar refractivity (Wildman–Crippen MR) is 38.2 cm³/mol. The van der Waals surface area contributed by atoms with Crippen LogP contribution in [-0.2, 0) is 0 Å². The standard InChI is InChI=1S/C4H6.C3H8O2/c1-3-4-2;1-3(5)2-4/h4H,1H2,2H3;3-5H,2H2,1H3. The van der Waals surface area contributed by atoms with Crippen LogP contribution >= 0.6 is 0 Å². The highest BCUT2D eigenvalue weighted by Gasteiger charge is 1.83. The first-order valence-corrected chi connectivity index (χ1v) is 2.78. The molecule has 0 saturated carbocycles. The fourth-order valence-electron chi connectivity index (χ4n) is 0. The summed E-state index contributed by atoms with van der Waals surface area (Å²) in [5.74, 6) is 0. The number of aliphatic hydroxyl groups is 2. The van der Waals surface area contributed by atoms with Gasteiger partial charge in [0.15, 0.2) is 0 Å². The molecule has 0 aliphatic rings. The Balaban J connectivity index is 0. The van der Waals surface area contributed by atoms with E-state index in [0.717, 1.165) is 0 Å². The Morgan fingerprint density at radius 2 is 2.00 bits per heavy atom. The first-order chi connectivity index (χ1) is 4.18. The van der Waals surface area contributed by atoms with Crippen molar-refractivity contribution in [3.63, 3.8) is 0 Å². The first kappa shape index (κ1) is 11.3. The predicted octanol–water partition coefficient (Wildman–Crippen LogP) is 0.707. The van der Waals surface area contributed by atoms with Crippen LogP contribution < -0.4 is 0 Å². The maximum atomic E-state index is 8.11. The summed E-state index contributed by atoms with van der Waals surface area (Å²) in [4.78, 5) is 0. The van der Waals surface area contributed by atoms with Crippen LogP contribution in [0, 0.1) is 0 Å². The molecule has 0 rings (SSSR count). The summed E-state index contributed by atoms with van der Waals surface area (Å²) >= 11 is 0. The van der Waals surface area contributed by atoms with Gasteiger partial charge in [-0.1, -0.05) is 6.58 Å². The van der Waals surface area contributed by atoms with Gasteiger partial charge < -0.3 is 10.2 Å². The highest BCUT2D eigenvalue weighted by atomic mass is 16.3. The second kappa shape index (κ2) is 10.4. The molecule has 1 atom stereocenters. The maximum absolute atomic E-state index is 8.11. The minimum absolute atomic E-state index is 0.139. The lowest BCUT2D eigenvalue weighted by Gasteiger charge is -1.90. The average Bonchev–Trinajstić information content (AvgIpc) is 1.89. The third kappa shape index (κ3) is 37.0. The summed E-state index contributed by atoms with van der Waals surface area (Å²) in [7, 11) is 0. The molecule has 2 N–H and O–H groups in total. The second-order valence-electron chi connectivity index (χ2n) is 1.52. The lowest BCUT2D eigenvalue weighted by molar-refractivity contribution is 0.110. The number of hydrogen-bond acceptors (Lipinski definition) is 2. The topological polar surface area (TPSA) is 40.5 Å². The van der Waals surface area contributed by atoms with Crippen molar-refractivity contribution in [1.29, 1.82) is 0 Å². The maximum Gasteiger partial charge on any atom is 0.0742 e. The molecule has 0 aliphatic heterocycles. The normalized spacial score (nSPS) is 10.2. The number of allylic oxidation sites excluding steroid dienone is 1. The average molecular weight is 130 g/mol. The zero-order valence-corrected chi connectivity index (χ0v) is 5.96. The van der Waals surface area contributed by atoms with Crippen molar-refractivity contribution < 1.29 is 10.2 Å². The van der Waals surface area contributed by atoms with E-state index in [1.807, 2.05) is 6.92 Å². The van der Waals surface area contributed by atoms with Crippen LogP contribution in [0.4, 0.5) is 0 Å². The molecule has 9 heavy (non-hydrogen) atoms. The molecule has 0 spiro atoms. The van der Waals surface area contributed by atoms with E-state index >= 15 is 0 Å². The van der Waals surface area contributed by atoms with Gasteiger partial charge in [0, 0.05) is 0 Å². The van der Waals surface area contributed by atoms with Gasteiger partial charge in [0.25, 0.3) is 0 Å². The van der Waals surface area contributed by atoms with E-state index in [1.165, 1.54) is 6.92 Å². The third-order valence-electron chi connectivity index (χ3n) is 0.468. The van der Waals surface area contributed by atoms with Gasteiger partial charge in [0.2, 0.25) is 0 Å². The van der Waals surface area contributed by atoms with E-state index in [2.05, 4.69) is 12.3 Å². The fraction of sp³-hybridized carbons (Fsp3) is 0.571. The molecule has 1 unspecified atom stereocenters. The Kier molecular flexibility index (Phi) is 13.1. The van der Waals surface area contributed by atoms with Crippen molar-refractivity contribution in [3.05, 3.63) is 18.4 Å². The van der Waals surface area contributed by atoms with Crippen molar-refractivity contribution in [3.8, 4) is 0 Å². The Labute approximate surface area is 56.1 Å². The Hall–Kier alpha value is -0.560. The molecule has 2 nitrogen and oxygen atoms in total. The Bertz CT molecular complexity index is 80.9. The van der Waals surface area contributed by atoms with E-state index in [9.17, 15) is 0 Å². The minimum Gasteiger partial charge on any atom is -0.394 e. The molecule has 0 heterocycles. The summed E-state index contributed by atoms with van der Waals surface area (Å²) in [6.45, 7) is 6.57. The van der Waals surface area contributed by atoms with Gasteiger partial charge in [-0.15, -0.1) is 5.73 Å². The minimum atomic E-state index is -0.560. The van der Waals surface area contributed by atoms with Crippen molar-refractivity contribution in [2.45, 2.75) is 20.0 Å². The molecular formula is C7H14O2. The molecule has 2 heteroatoms. The van der Waals surface area contributed by atoms with Crippen LogP contribution in [0.25, 0.3) is 0 Å². The Morgan fingerprint density at radius 3 is 2.00 bits per heavy atom. The SMILES string of the molecule is C=C=CC.CC(O)CO. The van der Waals surface area contributed by atoms with E-state index in [1.54, 1.807) is 6.08 Å². The smallest absolute Gasteiger partial charge is 0.0742 e. The largest absolute Gasteiger partial charge is 0.394 e. The fourth-order valence-corrected chi connectivity index (χ4v) is 0. The lowest BCUT2D eigenvalue weighted by atomic mass is 10.5. The van der Waals surface area contributed by atoms with Crippen LogP contribution in [0.2, 0.25) is 0 Å². The summed E-state index contributed by atoms with van der Waals surface area (Å²) in [6.07, 6.45) is 1.20. The van der Waals surface area contributed by atoms with Crippen LogP contribution in [0.3, 0.4) is 0 Å². The van der Waals surface area contributed by atoms with Gasteiger partial charge in [-0.25, -0.2) is 0 Å². The molecule has 0 radical (unpaired) electrons. The van der Waals surface area contributed by atoms with E-state index in [0.29, 0.717) is 0 Å². The monoisotopic (exact) mass is 130 g/mol. The van der Waals surface area contributed by atoms with Gasteiger partial charge in [0.1, 0.15) is 0 Å². The molecule has 0 bridgehead atoms. The quantitative estimate of drug-likeness (QED) is 0.513. The second-order valence-corrected chi connectivity index (χ2v) is 1.52. The van der Waals surface area contributed by atoms with Crippen molar-refractivity contribution in [2.24, 2.45) is 0 Å². The summed E-state index contributed by atoms with van der Waals surface area (Å²) in [6, 6.07) is 0. The van der Waals surface area contributed by atoms with Gasteiger partial charge in [-0.3, -0.25) is 0 Å². The lowest BCUT2D eigenvalue weighted by Crippen LogP contribution is -2.03. The highest BCUT2D eigenvalue weighted by molar-refractivity contribution is 4.67. The molecule has 0 saturated heterocycles. The van der Waals surface area contributed by atoms with Crippen LogP contribution in [0.5, 0.6) is 0 Å². The van der Waals surface area contributed by atoms with E-state index in [-0.39, 0.29) is 6.61 Å².